The van der Waals surface area contributed by atoms with Gasteiger partial charge in [0.25, 0.3) is 0 Å². The van der Waals surface area contributed by atoms with E-state index in [1.165, 1.54) is 0 Å². The zero-order valence-corrected chi connectivity index (χ0v) is 14.0. The van der Waals surface area contributed by atoms with Crippen molar-refractivity contribution >= 4 is 10.0 Å². The third kappa shape index (κ3) is 3.67. The fourth-order valence-corrected chi connectivity index (χ4v) is 3.50. The Labute approximate surface area is 141 Å². The molecule has 5 nitrogen and oxygen atoms in total. The maximum Gasteiger partial charge on any atom is 0.240 e. The molecule has 1 N–H and O–H groups in total. The minimum absolute atomic E-state index is 0.168. The molecule has 0 saturated carbocycles. The number of sulfonamides is 1. The van der Waals surface area contributed by atoms with Gasteiger partial charge in [0.1, 0.15) is 0 Å². The van der Waals surface area contributed by atoms with Crippen molar-refractivity contribution in [3.05, 3.63) is 78.2 Å². The maximum absolute atomic E-state index is 12.5. The summed E-state index contributed by atoms with van der Waals surface area (Å²) in [4.78, 5) is 8.63. The average molecular weight is 339 g/mol. The summed E-state index contributed by atoms with van der Waals surface area (Å²) in [5, 5.41) is 0. The Morgan fingerprint density at radius 2 is 1.79 bits per heavy atom. The second-order valence-corrected chi connectivity index (χ2v) is 7.16. The number of hydrogen-bond acceptors (Lipinski definition) is 4. The van der Waals surface area contributed by atoms with Gasteiger partial charge in [-0.1, -0.05) is 18.2 Å². The third-order valence-electron chi connectivity index (χ3n) is 3.60. The van der Waals surface area contributed by atoms with E-state index in [0.29, 0.717) is 0 Å². The summed E-state index contributed by atoms with van der Waals surface area (Å²) in [5.41, 5.74) is 3.35. The van der Waals surface area contributed by atoms with Crippen molar-refractivity contribution in [2.24, 2.45) is 0 Å². The Hall–Kier alpha value is -2.57. The van der Waals surface area contributed by atoms with Gasteiger partial charge in [0, 0.05) is 30.7 Å². The van der Waals surface area contributed by atoms with Gasteiger partial charge in [0.15, 0.2) is 0 Å². The zero-order chi connectivity index (χ0) is 17.0. The molecule has 0 atom stereocenters. The summed E-state index contributed by atoms with van der Waals surface area (Å²) in [6.45, 7) is 2.03. The van der Waals surface area contributed by atoms with E-state index in [1.54, 1.807) is 42.9 Å². The van der Waals surface area contributed by atoms with E-state index in [1.807, 2.05) is 31.2 Å². The van der Waals surface area contributed by atoms with Crippen molar-refractivity contribution in [2.45, 2.75) is 18.4 Å². The van der Waals surface area contributed by atoms with Crippen molar-refractivity contribution in [2.75, 3.05) is 0 Å². The third-order valence-corrected chi connectivity index (χ3v) is 5.00. The molecule has 122 valence electrons. The van der Waals surface area contributed by atoms with Crippen LogP contribution in [0.15, 0.2) is 72.0 Å². The van der Waals surface area contributed by atoms with Crippen LogP contribution in [0, 0.1) is 6.92 Å². The predicted molar refractivity (Wildman–Crippen MR) is 92.7 cm³/mol. The van der Waals surface area contributed by atoms with Gasteiger partial charge >= 0.3 is 0 Å². The molecule has 0 saturated heterocycles. The van der Waals surface area contributed by atoms with Gasteiger partial charge < -0.3 is 0 Å². The van der Waals surface area contributed by atoms with E-state index in [9.17, 15) is 8.42 Å². The van der Waals surface area contributed by atoms with Gasteiger partial charge in [0.05, 0.1) is 10.6 Å². The second-order valence-electron chi connectivity index (χ2n) is 5.39. The minimum atomic E-state index is -3.57. The molecule has 0 aliphatic rings. The average Bonchev–Trinajstić information content (AvgIpc) is 2.61. The quantitative estimate of drug-likeness (QED) is 0.776. The van der Waals surface area contributed by atoms with Crippen LogP contribution in [-0.2, 0) is 16.6 Å². The van der Waals surface area contributed by atoms with Crippen LogP contribution in [0.2, 0.25) is 0 Å². The van der Waals surface area contributed by atoms with Crippen LogP contribution in [0.4, 0.5) is 0 Å². The highest BCUT2D eigenvalue weighted by Crippen LogP contribution is 2.21. The predicted octanol–water partition coefficient (Wildman–Crippen LogP) is 2.93. The van der Waals surface area contributed by atoms with Crippen LogP contribution in [-0.4, -0.2) is 18.4 Å². The largest absolute Gasteiger partial charge is 0.265 e. The first-order chi connectivity index (χ1) is 11.6. The van der Waals surface area contributed by atoms with Gasteiger partial charge in [0.2, 0.25) is 10.0 Å². The number of nitrogens with zero attached hydrogens (tertiary/aromatic N) is 2. The van der Waals surface area contributed by atoms with Gasteiger partial charge in [-0.15, -0.1) is 0 Å². The molecule has 0 unspecified atom stereocenters. The van der Waals surface area contributed by atoms with Crippen molar-refractivity contribution < 1.29 is 8.42 Å². The number of aryl methyl sites for hydroxylation is 1. The van der Waals surface area contributed by atoms with Gasteiger partial charge in [-0.2, -0.15) is 0 Å². The van der Waals surface area contributed by atoms with Crippen LogP contribution in [0.1, 0.15) is 11.1 Å². The lowest BCUT2D eigenvalue weighted by Crippen LogP contribution is -2.23. The highest BCUT2D eigenvalue weighted by Gasteiger charge is 2.15. The molecule has 0 fully saturated rings. The van der Waals surface area contributed by atoms with Crippen LogP contribution < -0.4 is 4.72 Å². The summed E-state index contributed by atoms with van der Waals surface area (Å²) in [7, 11) is -3.57. The van der Waals surface area contributed by atoms with E-state index in [2.05, 4.69) is 14.7 Å². The van der Waals surface area contributed by atoms with E-state index in [4.69, 9.17) is 0 Å². The maximum atomic E-state index is 12.5. The Balaban J connectivity index is 1.85. The molecule has 0 aliphatic carbocycles. The van der Waals surface area contributed by atoms with Crippen LogP contribution in [0.3, 0.4) is 0 Å². The van der Waals surface area contributed by atoms with Gasteiger partial charge in [-0.05, 0) is 48.4 Å². The highest BCUT2D eigenvalue weighted by atomic mass is 32.2. The summed E-state index contributed by atoms with van der Waals surface area (Å²) in [5.74, 6) is 0. The summed E-state index contributed by atoms with van der Waals surface area (Å²) in [6, 6.07) is 14.2. The Morgan fingerprint density at radius 1 is 1.00 bits per heavy atom. The summed E-state index contributed by atoms with van der Waals surface area (Å²) >= 11 is 0. The molecule has 2 heterocycles. The SMILES string of the molecule is Cc1cccc(S(=O)(=O)NCc2cccnc2-c2ccncc2)c1. The van der Waals surface area contributed by atoms with Gasteiger partial charge in [-0.25, -0.2) is 13.1 Å². The smallest absolute Gasteiger partial charge is 0.240 e. The molecule has 0 radical (unpaired) electrons. The van der Waals surface area contributed by atoms with E-state index < -0.39 is 10.0 Å². The second kappa shape index (κ2) is 6.90. The van der Waals surface area contributed by atoms with E-state index >= 15 is 0 Å². The van der Waals surface area contributed by atoms with Gasteiger partial charge in [-0.3, -0.25) is 9.97 Å². The van der Waals surface area contributed by atoms with Crippen LogP contribution >= 0.6 is 0 Å². The molecule has 3 rings (SSSR count). The molecular formula is C18H17N3O2S. The zero-order valence-electron chi connectivity index (χ0n) is 13.2. The van der Waals surface area contributed by atoms with E-state index in [0.717, 1.165) is 22.4 Å². The molecule has 0 bridgehead atoms. The normalized spacial score (nSPS) is 11.4. The van der Waals surface area contributed by atoms with Crippen molar-refractivity contribution in [3.63, 3.8) is 0 Å². The number of benzene rings is 1. The molecular weight excluding hydrogens is 322 g/mol. The lowest BCUT2D eigenvalue weighted by molar-refractivity contribution is 0.581. The number of hydrogen-bond donors (Lipinski definition) is 1. The standard InChI is InChI=1S/C18H17N3O2S/c1-14-4-2-6-17(12-14)24(22,23)21-13-16-5-3-9-20-18(16)15-7-10-19-11-8-15/h2-12,21H,13H2,1H3. The molecule has 3 aromatic rings. The highest BCUT2D eigenvalue weighted by molar-refractivity contribution is 7.89. The topological polar surface area (TPSA) is 72.0 Å². The minimum Gasteiger partial charge on any atom is -0.265 e. The van der Waals surface area contributed by atoms with E-state index in [-0.39, 0.29) is 11.4 Å². The number of rotatable bonds is 5. The number of pyridine rings is 2. The fraction of sp³-hybridized carbons (Fsp3) is 0.111. The molecule has 0 spiro atoms. The Kier molecular flexibility index (Phi) is 4.69. The monoisotopic (exact) mass is 339 g/mol. The summed E-state index contributed by atoms with van der Waals surface area (Å²) < 4.78 is 27.6. The van der Waals surface area contributed by atoms with Crippen LogP contribution in [0.25, 0.3) is 11.3 Å². The summed E-state index contributed by atoms with van der Waals surface area (Å²) in [6.07, 6.45) is 5.06. The Morgan fingerprint density at radius 3 is 2.54 bits per heavy atom. The first-order valence-electron chi connectivity index (χ1n) is 7.47. The number of nitrogens with one attached hydrogen (secondary N) is 1. The number of aromatic nitrogens is 2. The molecule has 2 aromatic heterocycles. The first-order valence-corrected chi connectivity index (χ1v) is 8.95. The molecule has 6 heteroatoms. The molecule has 1 aromatic carbocycles. The molecule has 0 amide bonds. The molecule has 24 heavy (non-hydrogen) atoms. The lowest BCUT2D eigenvalue weighted by atomic mass is 10.1. The lowest BCUT2D eigenvalue weighted by Gasteiger charge is -2.11. The Bertz CT molecular complexity index is 941. The van der Waals surface area contributed by atoms with Crippen molar-refractivity contribution in [1.82, 2.24) is 14.7 Å². The van der Waals surface area contributed by atoms with Crippen molar-refractivity contribution in [1.29, 1.82) is 0 Å². The van der Waals surface area contributed by atoms with Crippen molar-refractivity contribution in [3.8, 4) is 11.3 Å². The molecule has 0 aliphatic heterocycles. The first kappa shape index (κ1) is 16.3. The fourth-order valence-electron chi connectivity index (χ4n) is 2.39. The van der Waals surface area contributed by atoms with Crippen LogP contribution in [0.5, 0.6) is 0 Å².